The number of aliphatic carboxylic acids is 1. The average Bonchev–Trinajstić information content (AvgIpc) is 2.65. The van der Waals surface area contributed by atoms with Crippen molar-refractivity contribution in [2.75, 3.05) is 0 Å². The molecule has 2 nitrogen and oxygen atoms in total. The van der Waals surface area contributed by atoms with Gasteiger partial charge in [-0.1, -0.05) is 42.2 Å². The smallest absolute Gasteiger partial charge is 0.314 e. The Labute approximate surface area is 96.3 Å². The van der Waals surface area contributed by atoms with E-state index in [4.69, 9.17) is 0 Å². The van der Waals surface area contributed by atoms with Crippen LogP contribution < -0.4 is 0 Å². The predicted octanol–water partition coefficient (Wildman–Crippen LogP) is 3.20. The second kappa shape index (κ2) is 3.93. The van der Waals surface area contributed by atoms with Crippen molar-refractivity contribution in [2.24, 2.45) is 0 Å². The molecule has 2 heteroatoms. The molecule has 0 amide bonds. The van der Waals surface area contributed by atoms with Gasteiger partial charge in [0.1, 0.15) is 0 Å². The maximum absolute atomic E-state index is 11.5. The van der Waals surface area contributed by atoms with E-state index in [9.17, 15) is 9.90 Å². The topological polar surface area (TPSA) is 37.3 Å². The molecule has 0 bridgehead atoms. The van der Waals surface area contributed by atoms with Crippen LogP contribution in [0.1, 0.15) is 42.4 Å². The quantitative estimate of drug-likeness (QED) is 0.827. The third-order valence-electron chi connectivity index (χ3n) is 3.64. The Morgan fingerprint density at radius 1 is 1.12 bits per heavy atom. The SMILES string of the molecule is Cc1cc(C)cc(C2(C(=O)O)CCCC2)c1. The van der Waals surface area contributed by atoms with E-state index in [1.165, 1.54) is 0 Å². The maximum Gasteiger partial charge on any atom is 0.314 e. The highest BCUT2D eigenvalue weighted by molar-refractivity contribution is 5.82. The van der Waals surface area contributed by atoms with E-state index < -0.39 is 11.4 Å². The van der Waals surface area contributed by atoms with Gasteiger partial charge in [-0.05, 0) is 32.3 Å². The normalized spacial score (nSPS) is 18.6. The van der Waals surface area contributed by atoms with Gasteiger partial charge in [0.05, 0.1) is 5.41 Å². The summed E-state index contributed by atoms with van der Waals surface area (Å²) in [7, 11) is 0. The summed E-state index contributed by atoms with van der Waals surface area (Å²) in [5.41, 5.74) is 2.69. The number of carboxylic acid groups (broad SMARTS) is 1. The lowest BCUT2D eigenvalue weighted by Crippen LogP contribution is -2.32. The summed E-state index contributed by atoms with van der Waals surface area (Å²) in [6.07, 6.45) is 3.62. The zero-order valence-electron chi connectivity index (χ0n) is 9.92. The number of rotatable bonds is 2. The van der Waals surface area contributed by atoms with Crippen LogP contribution in [0, 0.1) is 13.8 Å². The van der Waals surface area contributed by atoms with Gasteiger partial charge in [-0.2, -0.15) is 0 Å². The highest BCUT2D eigenvalue weighted by Gasteiger charge is 2.42. The fraction of sp³-hybridized carbons (Fsp3) is 0.500. The van der Waals surface area contributed by atoms with Crippen molar-refractivity contribution in [1.82, 2.24) is 0 Å². The highest BCUT2D eigenvalue weighted by atomic mass is 16.4. The lowest BCUT2D eigenvalue weighted by molar-refractivity contribution is -0.143. The lowest BCUT2D eigenvalue weighted by Gasteiger charge is -2.25. The zero-order chi connectivity index (χ0) is 11.8. The third-order valence-corrected chi connectivity index (χ3v) is 3.64. The Morgan fingerprint density at radius 3 is 2.06 bits per heavy atom. The zero-order valence-corrected chi connectivity index (χ0v) is 9.92. The van der Waals surface area contributed by atoms with Crippen molar-refractivity contribution >= 4 is 5.97 Å². The Morgan fingerprint density at radius 2 is 1.62 bits per heavy atom. The molecule has 1 N–H and O–H groups in total. The fourth-order valence-electron chi connectivity index (χ4n) is 2.86. The van der Waals surface area contributed by atoms with Gasteiger partial charge in [-0.15, -0.1) is 0 Å². The number of benzene rings is 1. The van der Waals surface area contributed by atoms with Gasteiger partial charge in [0.2, 0.25) is 0 Å². The molecule has 0 radical (unpaired) electrons. The van der Waals surface area contributed by atoms with Gasteiger partial charge < -0.3 is 5.11 Å². The Balaban J connectivity index is 2.51. The third kappa shape index (κ3) is 1.73. The van der Waals surface area contributed by atoms with Crippen molar-refractivity contribution in [3.8, 4) is 0 Å². The van der Waals surface area contributed by atoms with Crippen molar-refractivity contribution in [2.45, 2.75) is 44.9 Å². The first kappa shape index (κ1) is 11.2. The van der Waals surface area contributed by atoms with Gasteiger partial charge in [-0.3, -0.25) is 4.79 Å². The summed E-state index contributed by atoms with van der Waals surface area (Å²) >= 11 is 0. The minimum absolute atomic E-state index is 0.614. The molecule has 0 atom stereocenters. The van der Waals surface area contributed by atoms with Crippen LogP contribution in [0.5, 0.6) is 0 Å². The first-order valence-corrected chi connectivity index (χ1v) is 5.87. The van der Waals surface area contributed by atoms with Crippen LogP contribution in [0.25, 0.3) is 0 Å². The first-order chi connectivity index (χ1) is 7.54. The number of hydrogen-bond donors (Lipinski definition) is 1. The number of aryl methyl sites for hydroxylation is 2. The van der Waals surface area contributed by atoms with E-state index in [1.807, 2.05) is 26.0 Å². The maximum atomic E-state index is 11.5. The van der Waals surface area contributed by atoms with E-state index in [2.05, 4.69) is 6.07 Å². The summed E-state index contributed by atoms with van der Waals surface area (Å²) < 4.78 is 0. The highest BCUT2D eigenvalue weighted by Crippen LogP contribution is 2.41. The van der Waals surface area contributed by atoms with Crippen LogP contribution in [0.2, 0.25) is 0 Å². The molecule has 0 saturated heterocycles. The molecule has 1 aromatic carbocycles. The van der Waals surface area contributed by atoms with Crippen molar-refractivity contribution in [3.63, 3.8) is 0 Å². The number of carboxylic acids is 1. The monoisotopic (exact) mass is 218 g/mol. The molecule has 0 aliphatic heterocycles. The fourth-order valence-corrected chi connectivity index (χ4v) is 2.86. The summed E-state index contributed by atoms with van der Waals surface area (Å²) in [6.45, 7) is 4.06. The predicted molar refractivity (Wildman–Crippen MR) is 63.7 cm³/mol. The molecule has 16 heavy (non-hydrogen) atoms. The molecule has 2 rings (SSSR count). The van der Waals surface area contributed by atoms with Gasteiger partial charge in [0.15, 0.2) is 0 Å². The summed E-state index contributed by atoms with van der Waals surface area (Å²) in [4.78, 5) is 11.5. The molecule has 0 unspecified atom stereocenters. The van der Waals surface area contributed by atoms with Crippen LogP contribution in [0.3, 0.4) is 0 Å². The van der Waals surface area contributed by atoms with Crippen molar-refractivity contribution in [1.29, 1.82) is 0 Å². The largest absolute Gasteiger partial charge is 0.481 e. The Bertz CT molecular complexity index is 394. The molecule has 1 saturated carbocycles. The van der Waals surface area contributed by atoms with Gasteiger partial charge in [0.25, 0.3) is 0 Å². The summed E-state index contributed by atoms with van der Waals surface area (Å²) in [5, 5.41) is 9.50. The average molecular weight is 218 g/mol. The molecule has 1 fully saturated rings. The van der Waals surface area contributed by atoms with E-state index in [0.29, 0.717) is 0 Å². The van der Waals surface area contributed by atoms with E-state index in [-0.39, 0.29) is 0 Å². The molecule has 0 spiro atoms. The molecule has 86 valence electrons. The Kier molecular flexibility index (Phi) is 2.75. The van der Waals surface area contributed by atoms with Crippen LogP contribution in [0.4, 0.5) is 0 Å². The van der Waals surface area contributed by atoms with Crippen LogP contribution >= 0.6 is 0 Å². The van der Waals surface area contributed by atoms with Crippen LogP contribution in [-0.4, -0.2) is 11.1 Å². The van der Waals surface area contributed by atoms with Crippen LogP contribution in [-0.2, 0) is 10.2 Å². The van der Waals surface area contributed by atoms with Crippen molar-refractivity contribution in [3.05, 3.63) is 34.9 Å². The molecular weight excluding hydrogens is 200 g/mol. The molecule has 0 heterocycles. The van der Waals surface area contributed by atoms with Crippen molar-refractivity contribution < 1.29 is 9.90 Å². The molecule has 0 aromatic heterocycles. The minimum Gasteiger partial charge on any atom is -0.481 e. The van der Waals surface area contributed by atoms with Gasteiger partial charge in [0, 0.05) is 0 Å². The number of hydrogen-bond acceptors (Lipinski definition) is 1. The lowest BCUT2D eigenvalue weighted by atomic mass is 9.78. The Hall–Kier alpha value is -1.31. The molecule has 1 aliphatic carbocycles. The molecule has 1 aromatic rings. The van der Waals surface area contributed by atoms with Gasteiger partial charge >= 0.3 is 5.97 Å². The summed E-state index contributed by atoms with van der Waals surface area (Å²) in [6, 6.07) is 6.16. The van der Waals surface area contributed by atoms with E-state index >= 15 is 0 Å². The molecule has 1 aliphatic rings. The summed E-state index contributed by atoms with van der Waals surface area (Å²) in [5.74, 6) is -0.657. The molecular formula is C14H18O2. The second-order valence-electron chi connectivity index (χ2n) is 4.97. The van der Waals surface area contributed by atoms with Crippen LogP contribution in [0.15, 0.2) is 18.2 Å². The first-order valence-electron chi connectivity index (χ1n) is 5.87. The van der Waals surface area contributed by atoms with E-state index in [1.54, 1.807) is 0 Å². The number of carbonyl (C=O) groups is 1. The standard InChI is InChI=1S/C14H18O2/c1-10-7-11(2)9-12(8-10)14(13(15)16)5-3-4-6-14/h7-9H,3-6H2,1-2H3,(H,15,16). The minimum atomic E-state index is -0.657. The second-order valence-corrected chi connectivity index (χ2v) is 4.97. The van der Waals surface area contributed by atoms with E-state index in [0.717, 1.165) is 42.4 Å². The van der Waals surface area contributed by atoms with Gasteiger partial charge in [-0.25, -0.2) is 0 Å².